The second-order valence-corrected chi connectivity index (χ2v) is 5.79. The minimum atomic E-state index is -5.08. The average Bonchev–Trinajstić information content (AvgIpc) is 1.99. The molecule has 0 aromatic carbocycles. The van der Waals surface area contributed by atoms with Gasteiger partial charge in [0.2, 0.25) is 4.58 Å². The third-order valence-electron chi connectivity index (χ3n) is 1.19. The van der Waals surface area contributed by atoms with Crippen molar-refractivity contribution in [3.8, 4) is 0 Å². The minimum Gasteiger partial charge on any atom is -0.460 e. The summed E-state index contributed by atoms with van der Waals surface area (Å²) in [6, 6.07) is 0. The maximum atomic E-state index is 10.5. The number of esters is 1. The molecule has 0 aliphatic heterocycles. The Balaban J connectivity index is 4.87. The molecule has 0 rings (SSSR count). The van der Waals surface area contributed by atoms with Crippen molar-refractivity contribution < 1.29 is 35.5 Å². The van der Waals surface area contributed by atoms with Crippen LogP contribution in [0.15, 0.2) is 12.7 Å². The zero-order valence-corrected chi connectivity index (χ0v) is 8.86. The lowest BCUT2D eigenvalue weighted by atomic mass is 10.6. The van der Waals surface area contributed by atoms with Crippen LogP contribution in [0.2, 0.25) is 0 Å². The molecule has 15 heavy (non-hydrogen) atoms. The van der Waals surface area contributed by atoms with Crippen molar-refractivity contribution in [3.05, 3.63) is 12.7 Å². The molecular formula is C5H8O8S2. The van der Waals surface area contributed by atoms with Gasteiger partial charge < -0.3 is 4.74 Å². The van der Waals surface area contributed by atoms with Gasteiger partial charge >= 0.3 is 5.97 Å². The second-order valence-electron chi connectivity index (χ2n) is 2.29. The van der Waals surface area contributed by atoms with Gasteiger partial charge in [0, 0.05) is 6.08 Å². The molecule has 0 atom stereocenters. The average molecular weight is 260 g/mol. The Morgan fingerprint density at radius 1 is 1.27 bits per heavy atom. The first-order valence-corrected chi connectivity index (χ1v) is 6.31. The van der Waals surface area contributed by atoms with Crippen LogP contribution >= 0.6 is 0 Å². The van der Waals surface area contributed by atoms with Crippen LogP contribution in [0.1, 0.15) is 0 Å². The van der Waals surface area contributed by atoms with Crippen LogP contribution in [0.25, 0.3) is 0 Å². The highest BCUT2D eigenvalue weighted by Crippen LogP contribution is 2.07. The van der Waals surface area contributed by atoms with E-state index < -0.39 is 37.4 Å². The molecule has 0 saturated carbocycles. The summed E-state index contributed by atoms with van der Waals surface area (Å²) in [4.78, 5) is 10.5. The molecule has 0 bridgehead atoms. The number of hydrogen-bond donors (Lipinski definition) is 2. The van der Waals surface area contributed by atoms with Crippen molar-refractivity contribution in [2.75, 3.05) is 6.61 Å². The predicted molar refractivity (Wildman–Crippen MR) is 48.0 cm³/mol. The van der Waals surface area contributed by atoms with E-state index in [9.17, 15) is 21.6 Å². The molecule has 2 N–H and O–H groups in total. The topological polar surface area (TPSA) is 135 Å². The van der Waals surface area contributed by atoms with Gasteiger partial charge in [-0.05, 0) is 0 Å². The van der Waals surface area contributed by atoms with Crippen molar-refractivity contribution in [1.29, 1.82) is 0 Å². The minimum absolute atomic E-state index is 0.658. The number of hydrogen-bond acceptors (Lipinski definition) is 6. The Bertz CT molecular complexity index is 411. The summed E-state index contributed by atoms with van der Waals surface area (Å²) in [7, 11) is -10.2. The van der Waals surface area contributed by atoms with E-state index in [1.807, 2.05) is 0 Å². The van der Waals surface area contributed by atoms with E-state index >= 15 is 0 Å². The summed E-state index contributed by atoms with van der Waals surface area (Å²) in [6.07, 6.45) is 0.658. The zero-order valence-electron chi connectivity index (χ0n) is 7.23. The molecule has 0 aliphatic carbocycles. The second kappa shape index (κ2) is 4.70. The molecule has 0 amide bonds. The highest BCUT2D eigenvalue weighted by atomic mass is 32.3. The molecule has 0 radical (unpaired) electrons. The van der Waals surface area contributed by atoms with E-state index in [2.05, 4.69) is 11.3 Å². The van der Waals surface area contributed by atoms with E-state index in [4.69, 9.17) is 9.11 Å². The van der Waals surface area contributed by atoms with Crippen molar-refractivity contribution in [2.24, 2.45) is 0 Å². The van der Waals surface area contributed by atoms with Crippen molar-refractivity contribution in [2.45, 2.75) is 4.58 Å². The Kier molecular flexibility index (Phi) is 4.40. The first-order valence-electron chi connectivity index (χ1n) is 3.31. The Hall–Kier alpha value is -0.970. The Morgan fingerprint density at radius 3 is 1.93 bits per heavy atom. The van der Waals surface area contributed by atoms with Crippen LogP contribution in [0.4, 0.5) is 0 Å². The third-order valence-corrected chi connectivity index (χ3v) is 4.25. The number of rotatable bonds is 5. The van der Waals surface area contributed by atoms with Gasteiger partial charge in [0.1, 0.15) is 6.61 Å². The quantitative estimate of drug-likeness (QED) is 0.358. The maximum Gasteiger partial charge on any atom is 0.330 e. The van der Waals surface area contributed by atoms with Gasteiger partial charge in [0.05, 0.1) is 0 Å². The van der Waals surface area contributed by atoms with Gasteiger partial charge in [-0.2, -0.15) is 16.8 Å². The van der Waals surface area contributed by atoms with Crippen LogP contribution in [0.3, 0.4) is 0 Å². The summed E-state index contributed by atoms with van der Waals surface area (Å²) >= 11 is 0. The van der Waals surface area contributed by atoms with E-state index in [0.717, 1.165) is 0 Å². The summed E-state index contributed by atoms with van der Waals surface area (Å²) in [5.41, 5.74) is 0. The van der Waals surface area contributed by atoms with Crippen LogP contribution in [-0.4, -0.2) is 43.1 Å². The van der Waals surface area contributed by atoms with Crippen molar-refractivity contribution in [3.63, 3.8) is 0 Å². The fourth-order valence-electron chi connectivity index (χ4n) is 0.535. The molecule has 0 aromatic rings. The fraction of sp³-hybridized carbons (Fsp3) is 0.400. The summed E-state index contributed by atoms with van der Waals surface area (Å²) < 4.78 is 60.2. The molecule has 0 aliphatic rings. The molecule has 8 nitrogen and oxygen atoms in total. The van der Waals surface area contributed by atoms with E-state index in [1.54, 1.807) is 0 Å². The lowest BCUT2D eigenvalue weighted by molar-refractivity contribution is -0.137. The van der Waals surface area contributed by atoms with E-state index in [0.29, 0.717) is 6.08 Å². The lowest BCUT2D eigenvalue weighted by Crippen LogP contribution is -2.34. The number of ether oxygens (including phenoxy) is 1. The highest BCUT2D eigenvalue weighted by molar-refractivity contribution is 8.04. The Labute approximate surface area is 86.0 Å². The maximum absolute atomic E-state index is 10.5. The van der Waals surface area contributed by atoms with Gasteiger partial charge in [-0.1, -0.05) is 6.58 Å². The van der Waals surface area contributed by atoms with Gasteiger partial charge in [0.15, 0.2) is 0 Å². The summed E-state index contributed by atoms with van der Waals surface area (Å²) in [5, 5.41) is 0. The molecule has 0 fully saturated rings. The van der Waals surface area contributed by atoms with E-state index in [1.165, 1.54) is 0 Å². The number of carbonyl (C=O) groups excluding carboxylic acids is 1. The van der Waals surface area contributed by atoms with Gasteiger partial charge in [-0.25, -0.2) is 4.79 Å². The van der Waals surface area contributed by atoms with Crippen LogP contribution in [0, 0.1) is 0 Å². The zero-order chi connectivity index (χ0) is 12.3. The largest absolute Gasteiger partial charge is 0.460 e. The SMILES string of the molecule is C=CC(=O)OCC(S(=O)(=O)O)S(=O)(=O)O. The normalized spacial score (nSPS) is 12.5. The summed E-state index contributed by atoms with van der Waals surface area (Å²) in [5.74, 6) is -1.09. The standard InChI is InChI=1S/C5H8O8S2/c1-2-4(6)13-3-5(14(7,8)9)15(10,11)12/h2,5H,1,3H2,(H,7,8,9)(H,10,11,12). The van der Waals surface area contributed by atoms with Crippen molar-refractivity contribution >= 4 is 26.2 Å². The smallest absolute Gasteiger partial charge is 0.330 e. The first-order chi connectivity index (χ1) is 6.59. The van der Waals surface area contributed by atoms with Crippen molar-refractivity contribution in [1.82, 2.24) is 0 Å². The molecule has 88 valence electrons. The van der Waals surface area contributed by atoms with Crippen LogP contribution < -0.4 is 0 Å². The summed E-state index contributed by atoms with van der Waals surface area (Å²) in [6.45, 7) is 1.74. The van der Waals surface area contributed by atoms with Gasteiger partial charge in [-0.15, -0.1) is 0 Å². The van der Waals surface area contributed by atoms with Crippen LogP contribution in [0.5, 0.6) is 0 Å². The first kappa shape index (κ1) is 14.0. The lowest BCUT2D eigenvalue weighted by Gasteiger charge is -2.09. The molecule has 0 heterocycles. The van der Waals surface area contributed by atoms with Gasteiger partial charge in [-0.3, -0.25) is 9.11 Å². The molecular weight excluding hydrogens is 252 g/mol. The molecule has 0 saturated heterocycles. The molecule has 0 unspecified atom stereocenters. The van der Waals surface area contributed by atoms with Gasteiger partial charge in [0.25, 0.3) is 20.2 Å². The monoisotopic (exact) mass is 260 g/mol. The highest BCUT2D eigenvalue weighted by Gasteiger charge is 2.36. The Morgan fingerprint density at radius 2 is 1.67 bits per heavy atom. The third kappa shape index (κ3) is 4.88. The molecule has 0 spiro atoms. The number of carbonyl (C=O) groups is 1. The fourth-order valence-corrected chi connectivity index (χ4v) is 2.24. The van der Waals surface area contributed by atoms with Crippen LogP contribution in [-0.2, 0) is 29.8 Å². The molecule has 0 aromatic heterocycles. The van der Waals surface area contributed by atoms with E-state index in [-0.39, 0.29) is 0 Å². The predicted octanol–water partition coefficient (Wildman–Crippen LogP) is -1.18. The molecule has 10 heteroatoms.